The van der Waals surface area contributed by atoms with E-state index in [1.807, 2.05) is 45.0 Å². The molecule has 0 unspecified atom stereocenters. The molecule has 0 aliphatic carbocycles. The minimum absolute atomic E-state index is 0.252. The van der Waals surface area contributed by atoms with Gasteiger partial charge in [0.1, 0.15) is 5.70 Å². The fourth-order valence-corrected chi connectivity index (χ4v) is 2.45. The topological polar surface area (TPSA) is 51.1 Å². The van der Waals surface area contributed by atoms with E-state index in [0.717, 1.165) is 10.0 Å². The van der Waals surface area contributed by atoms with E-state index < -0.39 is 5.54 Å². The Balaban J connectivity index is 2.54. The molecule has 0 aliphatic rings. The monoisotopic (exact) mass is 374 g/mol. The Bertz CT molecular complexity index is 801. The van der Waals surface area contributed by atoms with E-state index in [1.165, 1.54) is 10.6 Å². The number of rotatable bonds is 3. The lowest BCUT2D eigenvalue weighted by Crippen LogP contribution is -2.42. The Kier molecular flexibility index (Phi) is 5.21. The molecule has 0 bridgehead atoms. The Morgan fingerprint density at radius 1 is 1.17 bits per heavy atom. The second-order valence-electron chi connectivity index (χ2n) is 6.20. The highest BCUT2D eigenvalue weighted by Crippen LogP contribution is 2.16. The summed E-state index contributed by atoms with van der Waals surface area (Å²) >= 11 is 3.41. The molecule has 1 N–H and O–H groups in total. The van der Waals surface area contributed by atoms with Gasteiger partial charge in [0.05, 0.1) is 0 Å². The number of aromatic nitrogens is 1. The van der Waals surface area contributed by atoms with Crippen molar-refractivity contribution in [3.8, 4) is 0 Å². The van der Waals surface area contributed by atoms with Crippen LogP contribution in [-0.2, 0) is 4.79 Å². The number of hydrogen-bond acceptors (Lipinski definition) is 2. The summed E-state index contributed by atoms with van der Waals surface area (Å²) in [5, 5.41) is 2.90. The summed E-state index contributed by atoms with van der Waals surface area (Å²) < 4.78 is 2.25. The molecule has 1 aromatic heterocycles. The molecule has 0 radical (unpaired) electrons. The number of amides is 1. The first-order valence-corrected chi connectivity index (χ1v) is 8.03. The van der Waals surface area contributed by atoms with Gasteiger partial charge in [-0.1, -0.05) is 34.1 Å². The molecule has 23 heavy (non-hydrogen) atoms. The van der Waals surface area contributed by atoms with Crippen LogP contribution < -0.4 is 10.9 Å². The normalized spacial score (nSPS) is 12.1. The van der Waals surface area contributed by atoms with Gasteiger partial charge in [0.15, 0.2) is 0 Å². The fourth-order valence-electron chi connectivity index (χ4n) is 2.03. The third kappa shape index (κ3) is 4.93. The first-order valence-electron chi connectivity index (χ1n) is 7.24. The average molecular weight is 375 g/mol. The predicted molar refractivity (Wildman–Crippen MR) is 96.9 cm³/mol. The summed E-state index contributed by atoms with van der Waals surface area (Å²) in [7, 11) is 0. The Morgan fingerprint density at radius 2 is 1.91 bits per heavy atom. The van der Waals surface area contributed by atoms with Crippen molar-refractivity contribution in [3.05, 3.63) is 69.1 Å². The van der Waals surface area contributed by atoms with E-state index >= 15 is 0 Å². The number of hydrogen-bond donors (Lipinski definition) is 1. The van der Waals surface area contributed by atoms with Crippen molar-refractivity contribution in [1.82, 2.24) is 9.88 Å². The largest absolute Gasteiger partial charge is 0.346 e. The average Bonchev–Trinajstić information content (AvgIpc) is 2.44. The molecular formula is C18H19BrN2O2. The van der Waals surface area contributed by atoms with Gasteiger partial charge >= 0.3 is 0 Å². The van der Waals surface area contributed by atoms with Crippen LogP contribution in [0.25, 0.3) is 11.8 Å². The third-order valence-electron chi connectivity index (χ3n) is 2.96. The van der Waals surface area contributed by atoms with Crippen molar-refractivity contribution in [1.29, 1.82) is 0 Å². The van der Waals surface area contributed by atoms with Crippen molar-refractivity contribution in [2.45, 2.75) is 26.3 Å². The van der Waals surface area contributed by atoms with Gasteiger partial charge in [-0.3, -0.25) is 14.2 Å². The van der Waals surface area contributed by atoms with Crippen LogP contribution >= 0.6 is 15.9 Å². The summed E-state index contributed by atoms with van der Waals surface area (Å²) in [4.78, 5) is 24.8. The number of carbonyl (C=O) groups is 1. The lowest BCUT2D eigenvalue weighted by atomic mass is 10.1. The predicted octanol–water partition coefficient (Wildman–Crippen LogP) is 3.52. The second-order valence-corrected chi connectivity index (χ2v) is 7.11. The first kappa shape index (κ1) is 17.2. The summed E-state index contributed by atoms with van der Waals surface area (Å²) in [6.45, 7) is 5.69. The molecule has 2 rings (SSSR count). The molecule has 0 atom stereocenters. The maximum atomic E-state index is 12.6. The molecular weight excluding hydrogens is 356 g/mol. The van der Waals surface area contributed by atoms with Gasteiger partial charge in [-0.15, -0.1) is 0 Å². The van der Waals surface area contributed by atoms with E-state index in [4.69, 9.17) is 0 Å². The molecule has 1 amide bonds. The van der Waals surface area contributed by atoms with Crippen LogP contribution in [0.4, 0.5) is 0 Å². The quantitative estimate of drug-likeness (QED) is 0.835. The lowest BCUT2D eigenvalue weighted by molar-refractivity contribution is -0.117. The highest BCUT2D eigenvalue weighted by Gasteiger charge is 2.19. The number of nitrogens with zero attached hydrogens (tertiary/aromatic N) is 1. The van der Waals surface area contributed by atoms with E-state index in [9.17, 15) is 9.59 Å². The van der Waals surface area contributed by atoms with Crippen molar-refractivity contribution in [2.24, 2.45) is 0 Å². The van der Waals surface area contributed by atoms with Crippen LogP contribution in [0.15, 0.2) is 57.9 Å². The maximum Gasteiger partial charge on any atom is 0.268 e. The molecule has 2 aromatic rings. The minimum atomic E-state index is -0.397. The number of nitrogens with one attached hydrogen (secondary N) is 1. The summed E-state index contributed by atoms with van der Waals surface area (Å²) in [5.41, 5.74) is 0.460. The van der Waals surface area contributed by atoms with Crippen LogP contribution in [-0.4, -0.2) is 16.0 Å². The number of pyridine rings is 1. The van der Waals surface area contributed by atoms with Crippen molar-refractivity contribution in [2.75, 3.05) is 0 Å². The molecule has 0 saturated carbocycles. The SMILES string of the molecule is CC(C)(C)NC(=O)C(=Cc1cccc(Br)c1)n1ccccc1=O. The van der Waals surface area contributed by atoms with Crippen LogP contribution in [0, 0.1) is 0 Å². The van der Waals surface area contributed by atoms with Crippen molar-refractivity contribution in [3.63, 3.8) is 0 Å². The molecule has 0 spiro atoms. The van der Waals surface area contributed by atoms with Crippen LogP contribution in [0.3, 0.4) is 0 Å². The van der Waals surface area contributed by atoms with Crippen LogP contribution in [0.5, 0.6) is 0 Å². The van der Waals surface area contributed by atoms with E-state index in [1.54, 1.807) is 24.4 Å². The molecule has 5 heteroatoms. The maximum absolute atomic E-state index is 12.6. The summed E-state index contributed by atoms with van der Waals surface area (Å²) in [6.07, 6.45) is 3.29. The fraction of sp³-hybridized carbons (Fsp3) is 0.222. The zero-order valence-electron chi connectivity index (χ0n) is 13.3. The first-order chi connectivity index (χ1) is 10.8. The zero-order chi connectivity index (χ0) is 17.0. The van der Waals surface area contributed by atoms with Crippen LogP contribution in [0.1, 0.15) is 26.3 Å². The second kappa shape index (κ2) is 6.96. The van der Waals surface area contributed by atoms with Gasteiger partial charge in [0, 0.05) is 22.3 Å². The molecule has 1 aromatic carbocycles. The molecule has 0 saturated heterocycles. The van der Waals surface area contributed by atoms with Gasteiger partial charge in [0.2, 0.25) is 0 Å². The number of benzene rings is 1. The zero-order valence-corrected chi connectivity index (χ0v) is 14.9. The van der Waals surface area contributed by atoms with Gasteiger partial charge in [-0.05, 0) is 50.6 Å². The molecule has 120 valence electrons. The summed E-state index contributed by atoms with van der Waals surface area (Å²) in [5.74, 6) is -0.300. The Hall–Kier alpha value is -2.14. The Morgan fingerprint density at radius 3 is 2.52 bits per heavy atom. The van der Waals surface area contributed by atoms with E-state index in [-0.39, 0.29) is 17.2 Å². The molecule has 1 heterocycles. The summed E-state index contributed by atoms with van der Waals surface area (Å²) in [6, 6.07) is 12.3. The minimum Gasteiger partial charge on any atom is -0.346 e. The Labute approximate surface area is 144 Å². The number of halogens is 1. The van der Waals surface area contributed by atoms with Gasteiger partial charge in [0.25, 0.3) is 11.5 Å². The van der Waals surface area contributed by atoms with Crippen molar-refractivity contribution < 1.29 is 4.79 Å². The molecule has 4 nitrogen and oxygen atoms in total. The smallest absolute Gasteiger partial charge is 0.268 e. The molecule has 0 fully saturated rings. The lowest BCUT2D eigenvalue weighted by Gasteiger charge is -2.22. The third-order valence-corrected chi connectivity index (χ3v) is 3.45. The standard InChI is InChI=1S/C18H19BrN2O2/c1-18(2,3)20-17(23)15(21-10-5-4-9-16(21)22)12-13-7-6-8-14(19)11-13/h4-12H,1-3H3,(H,20,23). The van der Waals surface area contributed by atoms with Gasteiger partial charge < -0.3 is 5.32 Å². The van der Waals surface area contributed by atoms with Crippen molar-refractivity contribution >= 4 is 33.6 Å². The van der Waals surface area contributed by atoms with E-state index in [0.29, 0.717) is 0 Å². The highest BCUT2D eigenvalue weighted by molar-refractivity contribution is 9.10. The van der Waals surface area contributed by atoms with E-state index in [2.05, 4.69) is 21.2 Å². The van der Waals surface area contributed by atoms with Crippen LogP contribution in [0.2, 0.25) is 0 Å². The van der Waals surface area contributed by atoms with Gasteiger partial charge in [-0.25, -0.2) is 0 Å². The van der Waals surface area contributed by atoms with Gasteiger partial charge in [-0.2, -0.15) is 0 Å². The highest BCUT2D eigenvalue weighted by atomic mass is 79.9. The number of carbonyl (C=O) groups excluding carboxylic acids is 1. The molecule has 0 aliphatic heterocycles.